The zero-order valence-corrected chi connectivity index (χ0v) is 14.6. The summed E-state index contributed by atoms with van der Waals surface area (Å²) in [7, 11) is 0. The maximum atomic E-state index is 12.7. The lowest BCUT2D eigenvalue weighted by atomic mass is 9.93. The fourth-order valence-electron chi connectivity index (χ4n) is 3.86. The van der Waals surface area contributed by atoms with E-state index in [1.54, 1.807) is 0 Å². The van der Waals surface area contributed by atoms with Crippen molar-refractivity contribution in [3.8, 4) is 0 Å². The first-order chi connectivity index (χ1) is 11.0. The molecule has 0 radical (unpaired) electrons. The fraction of sp³-hybridized carbons (Fsp3) is 0.722. The van der Waals surface area contributed by atoms with Crippen LogP contribution in [0.2, 0.25) is 0 Å². The Bertz CT molecular complexity index is 546. The second-order valence-corrected chi connectivity index (χ2v) is 7.21. The van der Waals surface area contributed by atoms with Crippen LogP contribution in [0, 0.1) is 25.7 Å². The van der Waals surface area contributed by atoms with Crippen LogP contribution >= 0.6 is 0 Å². The van der Waals surface area contributed by atoms with Gasteiger partial charge in [-0.15, -0.1) is 0 Å². The van der Waals surface area contributed by atoms with E-state index in [2.05, 4.69) is 26.7 Å². The Labute approximate surface area is 139 Å². The molecule has 0 aliphatic carbocycles. The maximum absolute atomic E-state index is 12.7. The molecule has 0 unspecified atom stereocenters. The molecule has 2 aliphatic rings. The molecule has 1 amide bonds. The Morgan fingerprint density at radius 3 is 2.52 bits per heavy atom. The standard InChI is InChI=1S/C18H28N4O/c1-13-5-4-8-22(12-13)18(23)16-6-9-21(10-7-16)17-11-14(2)19-15(3)20-17/h11,13,16H,4-10,12H2,1-3H3/t13-/m0/s1. The number of aromatic nitrogens is 2. The minimum Gasteiger partial charge on any atom is -0.356 e. The van der Waals surface area contributed by atoms with Crippen LogP contribution in [0.5, 0.6) is 0 Å². The zero-order valence-electron chi connectivity index (χ0n) is 14.6. The highest BCUT2D eigenvalue weighted by molar-refractivity contribution is 5.79. The summed E-state index contributed by atoms with van der Waals surface area (Å²) in [6.07, 6.45) is 4.29. The number of carbonyl (C=O) groups excluding carboxylic acids is 1. The number of piperidine rings is 2. The van der Waals surface area contributed by atoms with Crippen LogP contribution < -0.4 is 4.90 Å². The summed E-state index contributed by atoms with van der Waals surface area (Å²) in [5, 5.41) is 0. The van der Waals surface area contributed by atoms with Crippen molar-refractivity contribution < 1.29 is 4.79 Å². The van der Waals surface area contributed by atoms with Gasteiger partial charge in [0.15, 0.2) is 0 Å². The van der Waals surface area contributed by atoms with Crippen LogP contribution in [0.25, 0.3) is 0 Å². The molecule has 5 nitrogen and oxygen atoms in total. The quantitative estimate of drug-likeness (QED) is 0.841. The lowest BCUT2D eigenvalue weighted by Gasteiger charge is -2.37. The molecule has 126 valence electrons. The molecule has 0 bridgehead atoms. The normalized spacial score (nSPS) is 23.2. The van der Waals surface area contributed by atoms with Crippen LogP contribution in [-0.4, -0.2) is 47.0 Å². The zero-order chi connectivity index (χ0) is 16.4. The van der Waals surface area contributed by atoms with E-state index in [1.165, 1.54) is 6.42 Å². The molecular weight excluding hydrogens is 288 g/mol. The van der Waals surface area contributed by atoms with E-state index in [0.717, 1.165) is 62.8 Å². The predicted octanol–water partition coefficient (Wildman–Crippen LogP) is 2.57. The number of likely N-dealkylation sites (tertiary alicyclic amines) is 1. The van der Waals surface area contributed by atoms with Crippen molar-refractivity contribution in [1.82, 2.24) is 14.9 Å². The molecule has 1 aromatic heterocycles. The van der Waals surface area contributed by atoms with Crippen molar-refractivity contribution in [2.24, 2.45) is 11.8 Å². The third kappa shape index (κ3) is 3.82. The third-order valence-corrected chi connectivity index (χ3v) is 5.09. The Balaban J connectivity index is 1.58. The van der Waals surface area contributed by atoms with E-state index >= 15 is 0 Å². The fourth-order valence-corrected chi connectivity index (χ4v) is 3.86. The summed E-state index contributed by atoms with van der Waals surface area (Å²) in [5.41, 5.74) is 1.01. The Hall–Kier alpha value is -1.65. The van der Waals surface area contributed by atoms with Crippen molar-refractivity contribution >= 4 is 11.7 Å². The van der Waals surface area contributed by atoms with Gasteiger partial charge in [-0.05, 0) is 45.4 Å². The number of rotatable bonds is 2. The van der Waals surface area contributed by atoms with Crippen molar-refractivity contribution in [1.29, 1.82) is 0 Å². The predicted molar refractivity (Wildman–Crippen MR) is 91.4 cm³/mol. The van der Waals surface area contributed by atoms with Gasteiger partial charge < -0.3 is 9.80 Å². The smallest absolute Gasteiger partial charge is 0.225 e. The van der Waals surface area contributed by atoms with Gasteiger partial charge in [-0.1, -0.05) is 6.92 Å². The summed E-state index contributed by atoms with van der Waals surface area (Å²) < 4.78 is 0. The summed E-state index contributed by atoms with van der Waals surface area (Å²) >= 11 is 0. The molecule has 0 saturated carbocycles. The first kappa shape index (κ1) is 16.2. The highest BCUT2D eigenvalue weighted by Gasteiger charge is 2.30. The number of hydrogen-bond acceptors (Lipinski definition) is 4. The second-order valence-electron chi connectivity index (χ2n) is 7.21. The lowest BCUT2D eigenvalue weighted by molar-refractivity contribution is -0.137. The van der Waals surface area contributed by atoms with Gasteiger partial charge in [0.25, 0.3) is 0 Å². The van der Waals surface area contributed by atoms with Gasteiger partial charge in [0.05, 0.1) is 0 Å². The topological polar surface area (TPSA) is 49.3 Å². The van der Waals surface area contributed by atoms with Gasteiger partial charge in [0, 0.05) is 43.9 Å². The highest BCUT2D eigenvalue weighted by Crippen LogP contribution is 2.26. The number of amides is 1. The van der Waals surface area contributed by atoms with Crippen LogP contribution in [0.3, 0.4) is 0 Å². The molecule has 0 N–H and O–H groups in total. The van der Waals surface area contributed by atoms with E-state index < -0.39 is 0 Å². The number of anilines is 1. The van der Waals surface area contributed by atoms with E-state index in [0.29, 0.717) is 11.8 Å². The molecule has 2 saturated heterocycles. The average Bonchev–Trinajstić information content (AvgIpc) is 2.53. The first-order valence-electron chi connectivity index (χ1n) is 8.89. The van der Waals surface area contributed by atoms with Gasteiger partial charge in [0.2, 0.25) is 5.91 Å². The summed E-state index contributed by atoms with van der Waals surface area (Å²) in [4.78, 5) is 26.0. The molecular formula is C18H28N4O. The van der Waals surface area contributed by atoms with Crippen molar-refractivity contribution in [3.63, 3.8) is 0 Å². The van der Waals surface area contributed by atoms with Crippen LogP contribution in [0.4, 0.5) is 5.82 Å². The van der Waals surface area contributed by atoms with Crippen LogP contribution in [0.15, 0.2) is 6.07 Å². The monoisotopic (exact) mass is 316 g/mol. The third-order valence-electron chi connectivity index (χ3n) is 5.09. The Morgan fingerprint density at radius 1 is 1.13 bits per heavy atom. The molecule has 0 spiro atoms. The molecule has 0 aromatic carbocycles. The molecule has 1 aromatic rings. The SMILES string of the molecule is Cc1cc(N2CCC(C(=O)N3CCC[C@H](C)C3)CC2)nc(C)n1. The van der Waals surface area contributed by atoms with Gasteiger partial charge >= 0.3 is 0 Å². The molecule has 23 heavy (non-hydrogen) atoms. The molecule has 5 heteroatoms. The van der Waals surface area contributed by atoms with E-state index in [1.807, 2.05) is 19.9 Å². The Morgan fingerprint density at radius 2 is 1.87 bits per heavy atom. The summed E-state index contributed by atoms with van der Waals surface area (Å²) in [6.45, 7) is 9.92. The van der Waals surface area contributed by atoms with Gasteiger partial charge in [-0.25, -0.2) is 9.97 Å². The molecule has 3 heterocycles. The van der Waals surface area contributed by atoms with Gasteiger partial charge in [0.1, 0.15) is 11.6 Å². The number of nitrogens with zero attached hydrogens (tertiary/aromatic N) is 4. The number of aryl methyl sites for hydroxylation is 2. The van der Waals surface area contributed by atoms with Gasteiger partial charge in [-0.3, -0.25) is 4.79 Å². The van der Waals surface area contributed by atoms with Gasteiger partial charge in [-0.2, -0.15) is 0 Å². The van der Waals surface area contributed by atoms with E-state index in [4.69, 9.17) is 0 Å². The van der Waals surface area contributed by atoms with Crippen molar-refractivity contribution in [3.05, 3.63) is 17.6 Å². The highest BCUT2D eigenvalue weighted by atomic mass is 16.2. The average molecular weight is 316 g/mol. The largest absolute Gasteiger partial charge is 0.356 e. The van der Waals surface area contributed by atoms with Crippen molar-refractivity contribution in [2.45, 2.75) is 46.5 Å². The summed E-state index contributed by atoms with van der Waals surface area (Å²) in [6, 6.07) is 2.04. The van der Waals surface area contributed by atoms with E-state index in [-0.39, 0.29) is 5.92 Å². The van der Waals surface area contributed by atoms with Crippen LogP contribution in [0.1, 0.15) is 44.1 Å². The Kier molecular flexibility index (Phi) is 4.83. The second kappa shape index (κ2) is 6.85. The van der Waals surface area contributed by atoms with E-state index in [9.17, 15) is 4.79 Å². The molecule has 2 fully saturated rings. The van der Waals surface area contributed by atoms with Crippen molar-refractivity contribution in [2.75, 3.05) is 31.1 Å². The number of hydrogen-bond donors (Lipinski definition) is 0. The molecule has 1 atom stereocenters. The summed E-state index contributed by atoms with van der Waals surface area (Å²) in [5.74, 6) is 3.06. The minimum atomic E-state index is 0.195. The first-order valence-corrected chi connectivity index (χ1v) is 8.89. The molecule has 3 rings (SSSR count). The maximum Gasteiger partial charge on any atom is 0.225 e. The lowest BCUT2D eigenvalue weighted by Crippen LogP contribution is -2.46. The number of carbonyl (C=O) groups is 1. The molecule has 2 aliphatic heterocycles. The van der Waals surface area contributed by atoms with Crippen LogP contribution in [-0.2, 0) is 4.79 Å². The minimum absolute atomic E-state index is 0.195.